The van der Waals surface area contributed by atoms with Crippen molar-refractivity contribution < 1.29 is 14.3 Å². The first-order valence-electron chi connectivity index (χ1n) is 9.56. The second-order valence-electron chi connectivity index (χ2n) is 6.88. The van der Waals surface area contributed by atoms with E-state index < -0.39 is 0 Å². The highest BCUT2D eigenvalue weighted by atomic mass is 16.5. The van der Waals surface area contributed by atoms with Crippen LogP contribution in [0.3, 0.4) is 0 Å². The molecule has 0 bridgehead atoms. The van der Waals surface area contributed by atoms with Crippen LogP contribution in [-0.2, 0) is 4.79 Å². The molecule has 0 saturated carbocycles. The highest BCUT2D eigenvalue weighted by Crippen LogP contribution is 2.42. The predicted octanol–water partition coefficient (Wildman–Crippen LogP) is 2.58. The number of hydrogen-bond donors (Lipinski definition) is 2. The molecule has 0 atom stereocenters. The van der Waals surface area contributed by atoms with E-state index in [4.69, 9.17) is 15.2 Å². The Morgan fingerprint density at radius 1 is 1.31 bits per heavy atom. The highest BCUT2D eigenvalue weighted by Gasteiger charge is 2.23. The van der Waals surface area contributed by atoms with Crippen molar-refractivity contribution in [2.45, 2.75) is 12.8 Å². The fraction of sp³-hybridized carbons (Fsp3) is 0.381. The zero-order chi connectivity index (χ0) is 20.8. The largest absolute Gasteiger partial charge is 0.493 e. The fourth-order valence-corrected chi connectivity index (χ4v) is 3.61. The maximum atomic E-state index is 11.7. The molecule has 0 spiro atoms. The first-order chi connectivity index (χ1) is 14.1. The van der Waals surface area contributed by atoms with E-state index in [1.165, 1.54) is 12.4 Å². The minimum absolute atomic E-state index is 0.00705. The van der Waals surface area contributed by atoms with E-state index in [1.54, 1.807) is 14.2 Å². The van der Waals surface area contributed by atoms with Gasteiger partial charge in [-0.3, -0.25) is 4.79 Å². The van der Waals surface area contributed by atoms with E-state index in [1.807, 2.05) is 23.1 Å². The van der Waals surface area contributed by atoms with Crippen LogP contribution in [-0.4, -0.2) is 54.6 Å². The van der Waals surface area contributed by atoms with Crippen LogP contribution in [0.4, 0.5) is 11.6 Å². The van der Waals surface area contributed by atoms with Crippen molar-refractivity contribution in [3.63, 3.8) is 0 Å². The number of aromatic nitrogens is 2. The number of carbonyl (C=O) groups excluding carboxylic acids is 1. The van der Waals surface area contributed by atoms with Crippen LogP contribution in [0.2, 0.25) is 0 Å². The molecule has 2 heterocycles. The van der Waals surface area contributed by atoms with Crippen LogP contribution in [0.15, 0.2) is 37.2 Å². The van der Waals surface area contributed by atoms with Gasteiger partial charge in [0.1, 0.15) is 18.0 Å². The second kappa shape index (κ2) is 9.27. The molecule has 3 N–H and O–H groups in total. The number of para-hydroxylation sites is 1. The molecule has 1 aliphatic heterocycles. The number of nitrogen functional groups attached to an aromatic ring is 1. The Labute approximate surface area is 170 Å². The Kier molecular flexibility index (Phi) is 6.54. The summed E-state index contributed by atoms with van der Waals surface area (Å²) in [5, 5.41) is 3.42. The first kappa shape index (κ1) is 20.4. The lowest BCUT2D eigenvalue weighted by molar-refractivity contribution is -0.127. The van der Waals surface area contributed by atoms with E-state index >= 15 is 0 Å². The van der Waals surface area contributed by atoms with Crippen molar-refractivity contribution in [1.82, 2.24) is 14.9 Å². The van der Waals surface area contributed by atoms with Gasteiger partial charge in [0.05, 0.1) is 19.8 Å². The number of likely N-dealkylation sites (tertiary alicyclic amines) is 1. The SMILES string of the molecule is C=CC(=O)N1CCC(CNc2ncnc(N)c2-c2cccc(OC)c2OC)CC1. The standard InChI is InChI=1S/C21H27N5O3/c1-4-17(27)26-10-8-14(9-11-26)12-23-21-18(20(22)24-13-25-21)15-6-5-7-16(28-2)19(15)29-3/h4-7,13-14H,1,8-12H2,2-3H3,(H3,22,23,24,25). The zero-order valence-electron chi connectivity index (χ0n) is 16.9. The summed E-state index contributed by atoms with van der Waals surface area (Å²) in [4.78, 5) is 22.1. The molecule has 0 aliphatic carbocycles. The number of hydrogen-bond acceptors (Lipinski definition) is 7. The Morgan fingerprint density at radius 3 is 2.72 bits per heavy atom. The summed E-state index contributed by atoms with van der Waals surface area (Å²) in [6, 6.07) is 5.61. The molecule has 154 valence electrons. The van der Waals surface area contributed by atoms with Gasteiger partial charge in [0.15, 0.2) is 11.5 Å². The molecule has 1 saturated heterocycles. The Hall–Kier alpha value is -3.29. The molecule has 0 unspecified atom stereocenters. The molecule has 1 aromatic heterocycles. The Bertz CT molecular complexity index is 879. The lowest BCUT2D eigenvalue weighted by atomic mass is 9.96. The van der Waals surface area contributed by atoms with Gasteiger partial charge >= 0.3 is 0 Å². The number of rotatable bonds is 7. The third kappa shape index (κ3) is 4.42. The molecule has 8 heteroatoms. The van der Waals surface area contributed by atoms with E-state index in [-0.39, 0.29) is 5.91 Å². The van der Waals surface area contributed by atoms with Gasteiger partial charge in [0.2, 0.25) is 5.91 Å². The van der Waals surface area contributed by atoms with Crippen molar-refractivity contribution in [2.75, 3.05) is 44.9 Å². The maximum Gasteiger partial charge on any atom is 0.245 e. The molecule has 1 aliphatic rings. The Morgan fingerprint density at radius 2 is 2.07 bits per heavy atom. The number of carbonyl (C=O) groups is 1. The smallest absolute Gasteiger partial charge is 0.245 e. The molecule has 1 fully saturated rings. The first-order valence-corrected chi connectivity index (χ1v) is 9.56. The third-order valence-corrected chi connectivity index (χ3v) is 5.21. The fourth-order valence-electron chi connectivity index (χ4n) is 3.61. The van der Waals surface area contributed by atoms with Crippen LogP contribution in [0.1, 0.15) is 12.8 Å². The summed E-state index contributed by atoms with van der Waals surface area (Å²) in [5.41, 5.74) is 7.65. The van der Waals surface area contributed by atoms with Crippen molar-refractivity contribution in [2.24, 2.45) is 5.92 Å². The molecule has 3 rings (SSSR count). The average molecular weight is 397 g/mol. The van der Waals surface area contributed by atoms with Gasteiger partial charge in [0.25, 0.3) is 0 Å². The minimum Gasteiger partial charge on any atom is -0.493 e. The summed E-state index contributed by atoms with van der Waals surface area (Å²) in [6.45, 7) is 5.75. The number of piperidine rings is 1. The van der Waals surface area contributed by atoms with Crippen molar-refractivity contribution in [1.29, 1.82) is 0 Å². The van der Waals surface area contributed by atoms with Gasteiger partial charge in [-0.1, -0.05) is 18.7 Å². The van der Waals surface area contributed by atoms with Crippen LogP contribution >= 0.6 is 0 Å². The van der Waals surface area contributed by atoms with Crippen molar-refractivity contribution in [3.8, 4) is 22.6 Å². The van der Waals surface area contributed by atoms with Gasteiger partial charge in [-0.2, -0.15) is 0 Å². The number of amides is 1. The van der Waals surface area contributed by atoms with E-state index in [0.29, 0.717) is 34.6 Å². The van der Waals surface area contributed by atoms with E-state index in [2.05, 4.69) is 21.9 Å². The van der Waals surface area contributed by atoms with Crippen LogP contribution < -0.4 is 20.5 Å². The van der Waals surface area contributed by atoms with E-state index in [9.17, 15) is 4.79 Å². The van der Waals surface area contributed by atoms with Gasteiger partial charge < -0.3 is 25.4 Å². The van der Waals surface area contributed by atoms with Crippen LogP contribution in [0, 0.1) is 5.92 Å². The third-order valence-electron chi connectivity index (χ3n) is 5.21. The van der Waals surface area contributed by atoms with Crippen molar-refractivity contribution >= 4 is 17.5 Å². The average Bonchev–Trinajstić information content (AvgIpc) is 2.76. The lowest BCUT2D eigenvalue weighted by Crippen LogP contribution is -2.39. The predicted molar refractivity (Wildman–Crippen MR) is 113 cm³/mol. The molecule has 2 aromatic rings. The number of methoxy groups -OCH3 is 2. The molecule has 8 nitrogen and oxygen atoms in total. The summed E-state index contributed by atoms with van der Waals surface area (Å²) in [6.07, 6.45) is 4.66. The van der Waals surface area contributed by atoms with Gasteiger partial charge in [-0.15, -0.1) is 0 Å². The maximum absolute atomic E-state index is 11.7. The molecular formula is C21H27N5O3. The van der Waals surface area contributed by atoms with Gasteiger partial charge in [-0.25, -0.2) is 9.97 Å². The molecule has 29 heavy (non-hydrogen) atoms. The molecule has 1 amide bonds. The van der Waals surface area contributed by atoms with E-state index in [0.717, 1.165) is 38.0 Å². The summed E-state index contributed by atoms with van der Waals surface area (Å²) in [7, 11) is 3.18. The number of nitrogens with two attached hydrogens (primary N) is 1. The van der Waals surface area contributed by atoms with Crippen molar-refractivity contribution in [3.05, 3.63) is 37.2 Å². The number of nitrogens with one attached hydrogen (secondary N) is 1. The lowest BCUT2D eigenvalue weighted by Gasteiger charge is -2.31. The zero-order valence-corrected chi connectivity index (χ0v) is 16.9. The summed E-state index contributed by atoms with van der Waals surface area (Å²) < 4.78 is 11.0. The minimum atomic E-state index is -0.00705. The number of benzene rings is 1. The van der Waals surface area contributed by atoms with Gasteiger partial charge in [-0.05, 0) is 30.9 Å². The summed E-state index contributed by atoms with van der Waals surface area (Å²) >= 11 is 0. The quantitative estimate of drug-likeness (QED) is 0.692. The molecule has 0 radical (unpaired) electrons. The van der Waals surface area contributed by atoms with Gasteiger partial charge in [0, 0.05) is 25.2 Å². The van der Waals surface area contributed by atoms with Crippen LogP contribution in [0.5, 0.6) is 11.5 Å². The Balaban J connectivity index is 1.79. The molecule has 1 aromatic carbocycles. The monoisotopic (exact) mass is 397 g/mol. The normalized spacial score (nSPS) is 14.3. The highest BCUT2D eigenvalue weighted by molar-refractivity contribution is 5.88. The summed E-state index contributed by atoms with van der Waals surface area (Å²) in [5.74, 6) is 2.62. The number of nitrogens with zero attached hydrogens (tertiary/aromatic N) is 3. The molecular weight excluding hydrogens is 370 g/mol. The topological polar surface area (TPSA) is 103 Å². The van der Waals surface area contributed by atoms with Crippen LogP contribution in [0.25, 0.3) is 11.1 Å². The number of anilines is 2. The second-order valence-corrected chi connectivity index (χ2v) is 6.88. The number of ether oxygens (including phenoxy) is 2.